The summed E-state index contributed by atoms with van der Waals surface area (Å²) < 4.78 is 76.0. The lowest BCUT2D eigenvalue weighted by atomic mass is 9.98. The molecule has 0 saturated carbocycles. The zero-order valence-corrected chi connectivity index (χ0v) is 20.4. The Bertz CT molecular complexity index is 1400. The molecule has 2 aromatic rings. The Labute approximate surface area is 211 Å². The van der Waals surface area contributed by atoms with E-state index in [0.717, 1.165) is 12.1 Å². The monoisotopic (exact) mass is 534 g/mol. The van der Waals surface area contributed by atoms with E-state index >= 15 is 4.39 Å². The maximum absolute atomic E-state index is 15.6. The Morgan fingerprint density at radius 3 is 2.65 bits per heavy atom. The lowest BCUT2D eigenvalue weighted by molar-refractivity contribution is 0.0872. The van der Waals surface area contributed by atoms with E-state index < -0.39 is 44.1 Å². The highest BCUT2D eigenvalue weighted by Gasteiger charge is 2.25. The largest absolute Gasteiger partial charge is 0.398 e. The Hall–Kier alpha value is -3.71. The smallest absolute Gasteiger partial charge is 0.265 e. The SMILES string of the molecule is NC1=NC(C(C=NC2CCOCC2)=C(N)c2cccc(NS(=O)(=O)c3cc(F)ccc3F)c2F)CC=N1. The lowest BCUT2D eigenvalue weighted by Gasteiger charge is -2.21. The molecule has 1 saturated heterocycles. The van der Waals surface area contributed by atoms with Gasteiger partial charge in [0, 0.05) is 48.9 Å². The van der Waals surface area contributed by atoms with Gasteiger partial charge in [0.15, 0.2) is 5.82 Å². The van der Waals surface area contributed by atoms with Gasteiger partial charge in [0.1, 0.15) is 16.5 Å². The van der Waals surface area contributed by atoms with Gasteiger partial charge in [0.05, 0.1) is 17.8 Å². The van der Waals surface area contributed by atoms with Crippen LogP contribution in [0.25, 0.3) is 5.70 Å². The molecule has 0 bridgehead atoms. The summed E-state index contributed by atoms with van der Waals surface area (Å²) in [4.78, 5) is 11.9. The quantitative estimate of drug-likeness (QED) is 0.468. The first-order valence-corrected chi connectivity index (χ1v) is 12.9. The van der Waals surface area contributed by atoms with Gasteiger partial charge >= 0.3 is 0 Å². The number of hydrogen-bond donors (Lipinski definition) is 3. The predicted octanol–water partition coefficient (Wildman–Crippen LogP) is 2.98. The van der Waals surface area contributed by atoms with Gasteiger partial charge in [-0.1, -0.05) is 6.07 Å². The van der Waals surface area contributed by atoms with Gasteiger partial charge < -0.3 is 16.2 Å². The van der Waals surface area contributed by atoms with Crippen molar-refractivity contribution in [1.82, 2.24) is 0 Å². The molecule has 2 aliphatic heterocycles. The third kappa shape index (κ3) is 6.17. The number of nitrogens with two attached hydrogens (primary N) is 2. The van der Waals surface area contributed by atoms with E-state index in [0.29, 0.717) is 50.2 Å². The van der Waals surface area contributed by atoms with E-state index in [9.17, 15) is 17.2 Å². The van der Waals surface area contributed by atoms with Crippen LogP contribution in [0.1, 0.15) is 24.8 Å². The minimum Gasteiger partial charge on any atom is -0.398 e. The molecule has 9 nitrogen and oxygen atoms in total. The summed E-state index contributed by atoms with van der Waals surface area (Å²) in [6, 6.07) is 5.21. The highest BCUT2D eigenvalue weighted by Crippen LogP contribution is 2.28. The van der Waals surface area contributed by atoms with Crippen LogP contribution >= 0.6 is 0 Å². The van der Waals surface area contributed by atoms with Crippen LogP contribution in [0.4, 0.5) is 18.9 Å². The molecule has 196 valence electrons. The van der Waals surface area contributed by atoms with E-state index in [1.54, 1.807) is 6.21 Å². The van der Waals surface area contributed by atoms with Crippen LogP contribution in [0.5, 0.6) is 0 Å². The van der Waals surface area contributed by atoms with Gasteiger partial charge in [-0.3, -0.25) is 9.71 Å². The molecule has 1 atom stereocenters. The Morgan fingerprint density at radius 2 is 1.92 bits per heavy atom. The van der Waals surface area contributed by atoms with Crippen molar-refractivity contribution < 1.29 is 26.3 Å². The summed E-state index contributed by atoms with van der Waals surface area (Å²) in [5, 5.41) is 0. The van der Waals surface area contributed by atoms with Crippen molar-refractivity contribution in [2.24, 2.45) is 26.4 Å². The van der Waals surface area contributed by atoms with Crippen LogP contribution in [0.3, 0.4) is 0 Å². The van der Waals surface area contributed by atoms with Gasteiger partial charge in [-0.2, -0.15) is 0 Å². The van der Waals surface area contributed by atoms with Gasteiger partial charge in [-0.25, -0.2) is 31.6 Å². The molecule has 1 unspecified atom stereocenters. The van der Waals surface area contributed by atoms with Gasteiger partial charge in [0.25, 0.3) is 10.0 Å². The number of nitrogens with one attached hydrogen (secondary N) is 1. The summed E-state index contributed by atoms with van der Waals surface area (Å²) in [5.41, 5.74) is 11.9. The first-order valence-electron chi connectivity index (χ1n) is 11.4. The Balaban J connectivity index is 1.73. The van der Waals surface area contributed by atoms with E-state index in [1.165, 1.54) is 18.3 Å². The second kappa shape index (κ2) is 11.1. The highest BCUT2D eigenvalue weighted by atomic mass is 32.2. The maximum Gasteiger partial charge on any atom is 0.265 e. The number of nitrogens with zero attached hydrogens (tertiary/aromatic N) is 3. The molecule has 0 spiro atoms. The molecule has 0 aromatic heterocycles. The summed E-state index contributed by atoms with van der Waals surface area (Å²) in [6.07, 6.45) is 4.86. The average Bonchev–Trinajstić information content (AvgIpc) is 2.87. The number of halogens is 3. The molecule has 0 radical (unpaired) electrons. The maximum atomic E-state index is 15.6. The molecule has 2 heterocycles. The third-order valence-corrected chi connectivity index (χ3v) is 7.22. The van der Waals surface area contributed by atoms with E-state index in [-0.39, 0.29) is 23.3 Å². The van der Waals surface area contributed by atoms with Crippen LogP contribution in [0, 0.1) is 17.5 Å². The van der Waals surface area contributed by atoms with Gasteiger partial charge in [0.2, 0.25) is 5.96 Å². The van der Waals surface area contributed by atoms with Crippen molar-refractivity contribution in [2.75, 3.05) is 17.9 Å². The molecular weight excluding hydrogens is 509 g/mol. The Kier molecular flexibility index (Phi) is 7.93. The van der Waals surface area contributed by atoms with Crippen molar-refractivity contribution in [3.05, 3.63) is 65.0 Å². The van der Waals surface area contributed by atoms with Crippen molar-refractivity contribution in [3.63, 3.8) is 0 Å². The lowest BCUT2D eigenvalue weighted by Crippen LogP contribution is -2.25. The molecule has 1 fully saturated rings. The summed E-state index contributed by atoms with van der Waals surface area (Å²) in [5.74, 6) is -3.14. The van der Waals surface area contributed by atoms with Crippen LogP contribution in [-0.4, -0.2) is 52.1 Å². The number of aliphatic imine (C=N–C) groups is 3. The predicted molar refractivity (Wildman–Crippen MR) is 136 cm³/mol. The van der Waals surface area contributed by atoms with Crippen LogP contribution in [0.2, 0.25) is 0 Å². The summed E-state index contributed by atoms with van der Waals surface area (Å²) in [6.45, 7) is 1.14. The molecule has 37 heavy (non-hydrogen) atoms. The molecule has 2 aromatic carbocycles. The second-order valence-electron chi connectivity index (χ2n) is 8.39. The Morgan fingerprint density at radius 1 is 1.16 bits per heavy atom. The molecule has 4 rings (SSSR count). The van der Waals surface area contributed by atoms with E-state index in [4.69, 9.17) is 16.2 Å². The fourth-order valence-corrected chi connectivity index (χ4v) is 5.05. The number of benzene rings is 2. The van der Waals surface area contributed by atoms with Crippen LogP contribution < -0.4 is 16.2 Å². The van der Waals surface area contributed by atoms with Crippen LogP contribution in [0.15, 0.2) is 61.8 Å². The fourth-order valence-electron chi connectivity index (χ4n) is 3.90. The number of sulfonamides is 1. The number of ether oxygens (including phenoxy) is 1. The number of anilines is 1. The molecule has 0 aliphatic carbocycles. The summed E-state index contributed by atoms with van der Waals surface area (Å²) >= 11 is 0. The fraction of sp³-hybridized carbons (Fsp3) is 0.292. The highest BCUT2D eigenvalue weighted by molar-refractivity contribution is 7.92. The topological polar surface area (TPSA) is 145 Å². The van der Waals surface area contributed by atoms with E-state index in [1.807, 2.05) is 4.72 Å². The van der Waals surface area contributed by atoms with Gasteiger partial charge in [-0.15, -0.1) is 0 Å². The standard InChI is InChI=1S/C24H25F3N6O3S/c25-14-4-5-18(26)21(12-14)37(34,35)33-20-3-1-2-16(22(20)27)23(28)17(19-6-9-30-24(29)32-19)13-31-15-7-10-36-11-8-15/h1-5,9,12-13,15,19,33H,6-8,10-11,28H2,(H2,29,32). The van der Waals surface area contributed by atoms with Crippen LogP contribution in [-0.2, 0) is 14.8 Å². The number of rotatable bonds is 7. The number of hydrogen-bond acceptors (Lipinski definition) is 8. The first-order chi connectivity index (χ1) is 17.7. The molecule has 5 N–H and O–H groups in total. The minimum atomic E-state index is -4.66. The third-order valence-electron chi connectivity index (χ3n) is 5.84. The molecule has 0 amide bonds. The van der Waals surface area contributed by atoms with Crippen molar-refractivity contribution >= 4 is 39.8 Å². The molecule has 13 heteroatoms. The van der Waals surface area contributed by atoms with Crippen molar-refractivity contribution in [1.29, 1.82) is 0 Å². The van der Waals surface area contributed by atoms with Crippen molar-refractivity contribution in [2.45, 2.75) is 36.2 Å². The molecule has 2 aliphatic rings. The van der Waals surface area contributed by atoms with Gasteiger partial charge in [-0.05, 0) is 43.2 Å². The molecular formula is C24H25F3N6O3S. The minimum absolute atomic E-state index is 0.0145. The zero-order valence-electron chi connectivity index (χ0n) is 19.6. The van der Waals surface area contributed by atoms with Crippen molar-refractivity contribution in [3.8, 4) is 0 Å². The number of guanidine groups is 1. The average molecular weight is 535 g/mol. The normalized spacial score (nSPS) is 19.5. The zero-order chi connectivity index (χ0) is 26.6. The first kappa shape index (κ1) is 26.4. The van der Waals surface area contributed by atoms with E-state index in [2.05, 4.69) is 15.0 Å². The second-order valence-corrected chi connectivity index (χ2v) is 10.0. The summed E-state index contributed by atoms with van der Waals surface area (Å²) in [7, 11) is -4.66.